The number of nitrogens with one attached hydrogen (secondary N) is 1. The number of carboxylic acids is 1. The summed E-state index contributed by atoms with van der Waals surface area (Å²) in [4.78, 5) is 31.1. The molecule has 0 unspecified atom stereocenters. The number of fused-ring (bicyclic) bond motifs is 1. The van der Waals surface area contributed by atoms with Gasteiger partial charge in [-0.25, -0.2) is 14.6 Å². The van der Waals surface area contributed by atoms with Gasteiger partial charge in [-0.1, -0.05) is 60.7 Å². The maximum atomic E-state index is 11.7. The van der Waals surface area contributed by atoms with E-state index < -0.39 is 18.3 Å². The fourth-order valence-corrected chi connectivity index (χ4v) is 5.52. The van der Waals surface area contributed by atoms with Gasteiger partial charge in [0.25, 0.3) is 0 Å². The van der Waals surface area contributed by atoms with Crippen LogP contribution < -0.4 is 15.2 Å². The van der Waals surface area contributed by atoms with Gasteiger partial charge in [-0.15, -0.1) is 11.3 Å². The number of aryl methyl sites for hydroxylation is 1. The molecule has 204 valence electrons. The van der Waals surface area contributed by atoms with Crippen molar-refractivity contribution < 1.29 is 23.8 Å². The van der Waals surface area contributed by atoms with Crippen LogP contribution in [0.4, 0.5) is 0 Å². The van der Waals surface area contributed by atoms with Crippen molar-refractivity contribution in [1.29, 1.82) is 0 Å². The van der Waals surface area contributed by atoms with Gasteiger partial charge in [0.15, 0.2) is 12.2 Å². The van der Waals surface area contributed by atoms with Crippen molar-refractivity contribution in [2.75, 3.05) is 6.61 Å². The minimum atomic E-state index is -1.03. The molecule has 0 aliphatic heterocycles. The van der Waals surface area contributed by atoms with Crippen molar-refractivity contribution in [2.45, 2.75) is 13.5 Å². The quantitative estimate of drug-likeness (QED) is 0.196. The molecule has 6 rings (SSSR count). The molecule has 2 N–H and O–H groups in total. The van der Waals surface area contributed by atoms with E-state index in [1.807, 2.05) is 43.3 Å². The second kappa shape index (κ2) is 11.1. The molecule has 2 heterocycles. The Morgan fingerprint density at radius 1 is 0.902 bits per heavy atom. The average molecular weight is 565 g/mol. The number of aromatic nitrogens is 2. The number of benzene rings is 4. The average Bonchev–Trinajstić information content (AvgIpc) is 3.58. The Balaban J connectivity index is 1.31. The van der Waals surface area contributed by atoms with Crippen LogP contribution >= 0.6 is 11.3 Å². The number of carboxylic acid groups (broad SMARTS) is 1. The van der Waals surface area contributed by atoms with Crippen LogP contribution in [0.5, 0.6) is 11.5 Å². The number of carbonyl (C=O) groups is 1. The van der Waals surface area contributed by atoms with Crippen LogP contribution in [0.25, 0.3) is 43.9 Å². The number of H-pyrrole nitrogens is 1. The zero-order valence-corrected chi connectivity index (χ0v) is 22.7. The molecule has 0 aliphatic carbocycles. The van der Waals surface area contributed by atoms with Gasteiger partial charge in [-0.3, -0.25) is 4.98 Å². The molecule has 41 heavy (non-hydrogen) atoms. The first-order valence-electron chi connectivity index (χ1n) is 12.8. The third-order valence-corrected chi connectivity index (χ3v) is 7.56. The number of ether oxygens (including phenoxy) is 2. The summed E-state index contributed by atoms with van der Waals surface area (Å²) < 4.78 is 16.7. The van der Waals surface area contributed by atoms with E-state index in [2.05, 4.69) is 41.4 Å². The van der Waals surface area contributed by atoms with E-state index in [-0.39, 0.29) is 6.61 Å². The van der Waals surface area contributed by atoms with Gasteiger partial charge >= 0.3 is 11.7 Å². The van der Waals surface area contributed by atoms with E-state index in [0.29, 0.717) is 22.6 Å². The number of hydrogen-bond acceptors (Lipinski definition) is 7. The fraction of sp³-hybridized carbons (Fsp3) is 0.0938. The molecular weight excluding hydrogens is 540 g/mol. The Bertz CT molecular complexity index is 1900. The summed E-state index contributed by atoms with van der Waals surface area (Å²) in [5, 5.41) is 9.63. The second-order valence-corrected chi connectivity index (χ2v) is 10.4. The first kappa shape index (κ1) is 26.1. The molecule has 0 saturated heterocycles. The van der Waals surface area contributed by atoms with E-state index >= 15 is 0 Å². The third kappa shape index (κ3) is 5.75. The molecule has 0 amide bonds. The van der Waals surface area contributed by atoms with Crippen LogP contribution in [-0.4, -0.2) is 27.7 Å². The van der Waals surface area contributed by atoms with Crippen molar-refractivity contribution in [3.63, 3.8) is 0 Å². The largest absolute Gasteiger partial charge is 0.486 e. The number of nitrogens with zero attached hydrogens (tertiary/aromatic N) is 1. The van der Waals surface area contributed by atoms with Crippen LogP contribution in [0.1, 0.15) is 10.6 Å². The number of aliphatic carboxylic acids is 1. The van der Waals surface area contributed by atoms with Crippen LogP contribution in [0.2, 0.25) is 0 Å². The molecule has 6 aromatic rings. The normalized spacial score (nSPS) is 11.0. The van der Waals surface area contributed by atoms with Gasteiger partial charge in [0, 0.05) is 5.56 Å². The molecule has 0 spiro atoms. The third-order valence-electron chi connectivity index (χ3n) is 6.48. The maximum Gasteiger partial charge on any atom is 0.417 e. The number of thiazole rings is 1. The standard InChI is InChI=1S/C32H24N2O6S/c1-19-15-24(12-14-26(19)39-18-29(35)36)38-17-28-34-30(23-11-13-25-27(16-23)40-32(37)33-25)31(41-28)22-9-7-21(8-10-22)20-5-3-2-4-6-20/h2-16H,17-18H2,1H3,(H,33,37)(H,35,36). The van der Waals surface area contributed by atoms with Crippen LogP contribution in [0, 0.1) is 6.92 Å². The van der Waals surface area contributed by atoms with Gasteiger partial charge in [-0.2, -0.15) is 0 Å². The Labute approximate surface area is 238 Å². The Kier molecular flexibility index (Phi) is 7.09. The summed E-state index contributed by atoms with van der Waals surface area (Å²) in [7, 11) is 0. The highest BCUT2D eigenvalue weighted by atomic mass is 32.1. The zero-order chi connectivity index (χ0) is 28.3. The van der Waals surface area contributed by atoms with Crippen molar-refractivity contribution in [3.05, 3.63) is 112 Å². The van der Waals surface area contributed by atoms with Gasteiger partial charge in [-0.05, 0) is 59.5 Å². The van der Waals surface area contributed by atoms with Crippen molar-refractivity contribution in [2.24, 2.45) is 0 Å². The highest BCUT2D eigenvalue weighted by Crippen LogP contribution is 2.39. The maximum absolute atomic E-state index is 11.7. The predicted molar refractivity (Wildman–Crippen MR) is 157 cm³/mol. The van der Waals surface area contributed by atoms with Crippen molar-refractivity contribution >= 4 is 28.4 Å². The van der Waals surface area contributed by atoms with Gasteiger partial charge < -0.3 is 19.0 Å². The lowest BCUT2D eigenvalue weighted by Crippen LogP contribution is -2.10. The molecular formula is C32H24N2O6S. The summed E-state index contributed by atoms with van der Waals surface area (Å²) in [6.07, 6.45) is 0. The number of rotatable bonds is 9. The number of oxazole rings is 1. The van der Waals surface area contributed by atoms with E-state index in [0.717, 1.165) is 43.4 Å². The monoisotopic (exact) mass is 564 g/mol. The number of hydrogen-bond donors (Lipinski definition) is 2. The lowest BCUT2D eigenvalue weighted by Gasteiger charge is -2.09. The van der Waals surface area contributed by atoms with Gasteiger partial charge in [0.1, 0.15) is 23.1 Å². The van der Waals surface area contributed by atoms with Crippen LogP contribution in [0.15, 0.2) is 100 Å². The Morgan fingerprint density at radius 3 is 2.39 bits per heavy atom. The molecule has 0 bridgehead atoms. The van der Waals surface area contributed by atoms with Gasteiger partial charge in [0.2, 0.25) is 0 Å². The molecule has 4 aromatic carbocycles. The molecule has 2 aromatic heterocycles. The van der Waals surface area contributed by atoms with E-state index in [4.69, 9.17) is 24.0 Å². The van der Waals surface area contributed by atoms with Crippen molar-refractivity contribution in [1.82, 2.24) is 9.97 Å². The van der Waals surface area contributed by atoms with Crippen LogP contribution in [0.3, 0.4) is 0 Å². The minimum Gasteiger partial charge on any atom is -0.486 e. The second-order valence-electron chi connectivity index (χ2n) is 9.35. The summed E-state index contributed by atoms with van der Waals surface area (Å²) in [5.41, 5.74) is 6.70. The highest BCUT2D eigenvalue weighted by Gasteiger charge is 2.17. The van der Waals surface area contributed by atoms with E-state index in [1.165, 1.54) is 11.3 Å². The molecule has 0 aliphatic rings. The predicted octanol–water partition coefficient (Wildman–Crippen LogP) is 6.93. The summed E-state index contributed by atoms with van der Waals surface area (Å²) in [6.45, 7) is 1.66. The van der Waals surface area contributed by atoms with E-state index in [9.17, 15) is 9.59 Å². The Morgan fingerprint density at radius 2 is 1.63 bits per heavy atom. The molecule has 0 saturated carbocycles. The summed E-state index contributed by atoms with van der Waals surface area (Å²) in [5.74, 6) is -0.431. The minimum absolute atomic E-state index is 0.232. The topological polar surface area (TPSA) is 115 Å². The first-order valence-corrected chi connectivity index (χ1v) is 13.6. The lowest BCUT2D eigenvalue weighted by molar-refractivity contribution is -0.139. The molecule has 0 radical (unpaired) electrons. The zero-order valence-electron chi connectivity index (χ0n) is 21.9. The van der Waals surface area contributed by atoms with Crippen molar-refractivity contribution in [3.8, 4) is 44.3 Å². The molecule has 9 heteroatoms. The Hall–Kier alpha value is -5.15. The van der Waals surface area contributed by atoms with E-state index in [1.54, 1.807) is 18.2 Å². The SMILES string of the molecule is Cc1cc(OCc2nc(-c3ccc4[nH]c(=O)oc4c3)c(-c3ccc(-c4ccccc4)cc3)s2)ccc1OCC(=O)O. The molecule has 8 nitrogen and oxygen atoms in total. The summed E-state index contributed by atoms with van der Waals surface area (Å²) in [6, 6.07) is 29.3. The summed E-state index contributed by atoms with van der Waals surface area (Å²) >= 11 is 1.53. The van der Waals surface area contributed by atoms with Gasteiger partial charge in [0.05, 0.1) is 16.1 Å². The first-order chi connectivity index (χ1) is 19.9. The smallest absolute Gasteiger partial charge is 0.417 e. The number of aromatic amines is 1. The van der Waals surface area contributed by atoms with Crippen LogP contribution in [-0.2, 0) is 11.4 Å². The lowest BCUT2D eigenvalue weighted by atomic mass is 10.0. The fourth-order valence-electron chi connectivity index (χ4n) is 4.51. The highest BCUT2D eigenvalue weighted by molar-refractivity contribution is 7.15. The molecule has 0 atom stereocenters. The molecule has 0 fully saturated rings.